The van der Waals surface area contributed by atoms with Gasteiger partial charge >= 0.3 is 0 Å². The lowest BCUT2D eigenvalue weighted by atomic mass is 10.1. The zero-order valence-corrected chi connectivity index (χ0v) is 17.7. The molecule has 0 fully saturated rings. The summed E-state index contributed by atoms with van der Waals surface area (Å²) in [6.07, 6.45) is 3.87. The van der Waals surface area contributed by atoms with Crippen molar-refractivity contribution in [3.63, 3.8) is 0 Å². The van der Waals surface area contributed by atoms with E-state index in [-0.39, 0.29) is 0 Å². The lowest BCUT2D eigenvalue weighted by Gasteiger charge is -2.17. The second-order valence-electron chi connectivity index (χ2n) is 6.93. The van der Waals surface area contributed by atoms with Gasteiger partial charge in [0.1, 0.15) is 18.1 Å². The molecule has 0 aliphatic heterocycles. The van der Waals surface area contributed by atoms with Crippen LogP contribution in [0.1, 0.15) is 16.8 Å². The quantitative estimate of drug-likeness (QED) is 0.518. The predicted octanol–water partition coefficient (Wildman–Crippen LogP) is 2.85. The SMILES string of the molecule is COc1cc(OCc2cccc(Cl)c2)ccc1CNC(Cc1cncn1C)C(N)=O. The first-order chi connectivity index (χ1) is 14.5. The van der Waals surface area contributed by atoms with Crippen molar-refractivity contribution in [3.05, 3.63) is 76.8 Å². The maximum Gasteiger partial charge on any atom is 0.234 e. The number of benzene rings is 2. The number of aromatic nitrogens is 2. The molecule has 3 rings (SSSR count). The van der Waals surface area contributed by atoms with Crippen molar-refractivity contribution in [1.82, 2.24) is 14.9 Å². The highest BCUT2D eigenvalue weighted by Gasteiger charge is 2.18. The predicted molar refractivity (Wildman–Crippen MR) is 116 cm³/mol. The van der Waals surface area contributed by atoms with E-state index in [4.69, 9.17) is 26.8 Å². The molecule has 1 unspecified atom stereocenters. The Balaban J connectivity index is 1.63. The van der Waals surface area contributed by atoms with Crippen LogP contribution in [0.25, 0.3) is 0 Å². The van der Waals surface area contributed by atoms with Crippen LogP contribution in [0.3, 0.4) is 0 Å². The molecule has 158 valence electrons. The number of methoxy groups -OCH3 is 1. The number of hydrogen-bond acceptors (Lipinski definition) is 5. The minimum Gasteiger partial charge on any atom is -0.496 e. The van der Waals surface area contributed by atoms with Crippen molar-refractivity contribution in [1.29, 1.82) is 0 Å². The fourth-order valence-corrected chi connectivity index (χ4v) is 3.26. The van der Waals surface area contributed by atoms with E-state index < -0.39 is 11.9 Å². The molecule has 3 aromatic rings. The summed E-state index contributed by atoms with van der Waals surface area (Å²) in [6.45, 7) is 0.818. The van der Waals surface area contributed by atoms with Crippen LogP contribution < -0.4 is 20.5 Å². The fourth-order valence-electron chi connectivity index (χ4n) is 3.05. The van der Waals surface area contributed by atoms with Crippen molar-refractivity contribution in [2.75, 3.05) is 7.11 Å². The Morgan fingerprint density at radius 2 is 2.13 bits per heavy atom. The Morgan fingerprint density at radius 3 is 2.80 bits per heavy atom. The maximum atomic E-state index is 11.9. The zero-order valence-electron chi connectivity index (χ0n) is 17.0. The number of nitrogens with zero attached hydrogens (tertiary/aromatic N) is 2. The van der Waals surface area contributed by atoms with Crippen molar-refractivity contribution in [3.8, 4) is 11.5 Å². The number of rotatable bonds is 10. The molecule has 1 atom stereocenters. The molecule has 3 N–H and O–H groups in total. The van der Waals surface area contributed by atoms with Gasteiger partial charge in [-0.2, -0.15) is 0 Å². The number of amides is 1. The Bertz CT molecular complexity index is 1010. The lowest BCUT2D eigenvalue weighted by Crippen LogP contribution is -2.42. The highest BCUT2D eigenvalue weighted by molar-refractivity contribution is 6.30. The maximum absolute atomic E-state index is 11.9. The van der Waals surface area contributed by atoms with E-state index in [9.17, 15) is 4.79 Å². The molecule has 0 aliphatic carbocycles. The average molecular weight is 429 g/mol. The third-order valence-corrected chi connectivity index (χ3v) is 5.00. The number of halogens is 1. The Hall–Kier alpha value is -3.03. The topological polar surface area (TPSA) is 91.4 Å². The summed E-state index contributed by atoms with van der Waals surface area (Å²) in [7, 11) is 3.48. The van der Waals surface area contributed by atoms with Gasteiger partial charge in [0, 0.05) is 48.6 Å². The first-order valence-corrected chi connectivity index (χ1v) is 9.86. The van der Waals surface area contributed by atoms with E-state index >= 15 is 0 Å². The molecule has 0 bridgehead atoms. The molecule has 8 heteroatoms. The fraction of sp³-hybridized carbons (Fsp3) is 0.273. The molecular weight excluding hydrogens is 404 g/mol. The Labute approximate surface area is 180 Å². The third-order valence-electron chi connectivity index (χ3n) is 4.77. The Morgan fingerprint density at radius 1 is 1.30 bits per heavy atom. The van der Waals surface area contributed by atoms with Crippen LogP contribution in [0, 0.1) is 0 Å². The van der Waals surface area contributed by atoms with E-state index in [0.717, 1.165) is 16.8 Å². The van der Waals surface area contributed by atoms with Crippen LogP contribution in [-0.2, 0) is 31.4 Å². The molecule has 0 aliphatic rings. The van der Waals surface area contributed by atoms with Gasteiger partial charge in [0.25, 0.3) is 0 Å². The summed E-state index contributed by atoms with van der Waals surface area (Å²) < 4.78 is 13.2. The van der Waals surface area contributed by atoms with Crippen LogP contribution in [0.15, 0.2) is 55.0 Å². The van der Waals surface area contributed by atoms with E-state index in [1.165, 1.54) is 0 Å². The molecule has 0 radical (unpaired) electrons. The molecule has 0 spiro atoms. The number of carbonyl (C=O) groups is 1. The van der Waals surface area contributed by atoms with Gasteiger partial charge in [-0.25, -0.2) is 4.98 Å². The molecule has 0 saturated carbocycles. The Kier molecular flexibility index (Phi) is 7.32. The largest absolute Gasteiger partial charge is 0.496 e. The summed E-state index contributed by atoms with van der Waals surface area (Å²) in [4.78, 5) is 16.0. The lowest BCUT2D eigenvalue weighted by molar-refractivity contribution is -0.120. The summed E-state index contributed by atoms with van der Waals surface area (Å²) in [5, 5.41) is 3.88. The van der Waals surface area contributed by atoms with Crippen LogP contribution >= 0.6 is 11.6 Å². The van der Waals surface area contributed by atoms with Crippen LogP contribution in [0.5, 0.6) is 11.5 Å². The number of nitrogens with two attached hydrogens (primary N) is 1. The van der Waals surface area contributed by atoms with Crippen LogP contribution in [0.2, 0.25) is 5.02 Å². The van der Waals surface area contributed by atoms with E-state index in [1.54, 1.807) is 19.6 Å². The van der Waals surface area contributed by atoms with Gasteiger partial charge in [-0.3, -0.25) is 4.79 Å². The summed E-state index contributed by atoms with van der Waals surface area (Å²) in [6, 6.07) is 12.6. The highest BCUT2D eigenvalue weighted by atomic mass is 35.5. The smallest absolute Gasteiger partial charge is 0.234 e. The van der Waals surface area contributed by atoms with Crippen LogP contribution in [-0.4, -0.2) is 28.6 Å². The number of nitrogens with one attached hydrogen (secondary N) is 1. The minimum atomic E-state index is -0.524. The normalized spacial score (nSPS) is 11.8. The summed E-state index contributed by atoms with van der Waals surface area (Å²) >= 11 is 6.01. The van der Waals surface area contributed by atoms with Gasteiger partial charge in [0.2, 0.25) is 5.91 Å². The number of imidazole rings is 1. The van der Waals surface area contributed by atoms with Crippen molar-refractivity contribution < 1.29 is 14.3 Å². The zero-order chi connectivity index (χ0) is 21.5. The van der Waals surface area contributed by atoms with Gasteiger partial charge in [-0.05, 0) is 23.8 Å². The average Bonchev–Trinajstić information content (AvgIpc) is 3.14. The number of aryl methyl sites for hydroxylation is 1. The molecule has 0 saturated heterocycles. The first-order valence-electron chi connectivity index (χ1n) is 9.48. The van der Waals surface area contributed by atoms with Gasteiger partial charge in [0.05, 0.1) is 19.5 Å². The van der Waals surface area contributed by atoms with Crippen molar-refractivity contribution in [2.24, 2.45) is 12.8 Å². The number of ether oxygens (including phenoxy) is 2. The molecule has 1 aromatic heterocycles. The standard InChI is InChI=1S/C22H25ClN4O3/c1-27-14-25-12-18(27)9-20(22(24)28)26-11-16-6-7-19(10-21(16)29-2)30-13-15-4-3-5-17(23)8-15/h3-8,10,12,14,20,26H,9,11,13H2,1-2H3,(H2,24,28). The summed E-state index contributed by atoms with van der Waals surface area (Å²) in [5.74, 6) is 0.920. The number of hydrogen-bond donors (Lipinski definition) is 2. The molecule has 1 heterocycles. The monoisotopic (exact) mass is 428 g/mol. The molecule has 2 aromatic carbocycles. The van der Waals surface area contributed by atoms with Crippen molar-refractivity contribution >= 4 is 17.5 Å². The van der Waals surface area contributed by atoms with Crippen LogP contribution in [0.4, 0.5) is 0 Å². The number of primary amides is 1. The second-order valence-corrected chi connectivity index (χ2v) is 7.36. The van der Waals surface area contributed by atoms with Crippen molar-refractivity contribution in [2.45, 2.75) is 25.6 Å². The molecular formula is C22H25ClN4O3. The third kappa shape index (κ3) is 5.75. The van der Waals surface area contributed by atoms with E-state index in [2.05, 4.69) is 10.3 Å². The van der Waals surface area contributed by atoms with Gasteiger partial charge in [0.15, 0.2) is 0 Å². The van der Waals surface area contributed by atoms with Gasteiger partial charge in [-0.1, -0.05) is 29.8 Å². The molecule has 7 nitrogen and oxygen atoms in total. The first kappa shape index (κ1) is 21.7. The summed E-state index contributed by atoms with van der Waals surface area (Å²) in [5.41, 5.74) is 8.37. The molecule has 30 heavy (non-hydrogen) atoms. The minimum absolute atomic E-state index is 0.399. The molecule has 1 amide bonds. The van der Waals surface area contributed by atoms with Gasteiger partial charge < -0.3 is 25.1 Å². The number of carbonyl (C=O) groups excluding carboxylic acids is 1. The van der Waals surface area contributed by atoms with E-state index in [0.29, 0.717) is 36.1 Å². The van der Waals surface area contributed by atoms with Gasteiger partial charge in [-0.15, -0.1) is 0 Å². The van der Waals surface area contributed by atoms with E-state index in [1.807, 2.05) is 54.1 Å². The second kappa shape index (κ2) is 10.1. The highest BCUT2D eigenvalue weighted by Crippen LogP contribution is 2.26.